The molecule has 126 valence electrons. The molecule has 1 aromatic heterocycles. The number of ether oxygens (including phenoxy) is 1. The third kappa shape index (κ3) is 3.10. The lowest BCUT2D eigenvalue weighted by Crippen LogP contribution is -2.44. The molecular weight excluding hydrogens is 311 g/mol. The fraction of sp³-hybridized carbons (Fsp3) is 0.333. The molecule has 1 N–H and O–H groups in total. The maximum absolute atomic E-state index is 13.1. The van der Waals surface area contributed by atoms with E-state index in [2.05, 4.69) is 4.98 Å². The average Bonchev–Trinajstić information content (AvgIpc) is 2.56. The number of aliphatic hydroxyl groups is 1. The van der Waals surface area contributed by atoms with Crippen molar-refractivity contribution in [3.8, 4) is 5.88 Å². The highest BCUT2D eigenvalue weighted by atomic mass is 19.1. The van der Waals surface area contributed by atoms with E-state index in [1.165, 1.54) is 19.1 Å². The summed E-state index contributed by atoms with van der Waals surface area (Å²) < 4.78 is 18.7. The number of benzene rings is 1. The standard InChI is InChI=1S/C18H19FN2O3/c1-11-10-24-18-17(21(11)12(2)23)8-14(16(9-22)20-18)7-13-3-5-15(19)6-4-13/h3-6,8,11,22H,7,9-10H2,1-2H3/t11-/m0/s1. The summed E-state index contributed by atoms with van der Waals surface area (Å²) in [6.45, 7) is 3.54. The lowest BCUT2D eigenvalue weighted by Gasteiger charge is -2.34. The van der Waals surface area contributed by atoms with Crippen LogP contribution in [0.5, 0.6) is 5.88 Å². The van der Waals surface area contributed by atoms with Gasteiger partial charge in [-0.2, -0.15) is 0 Å². The molecular formula is C18H19FN2O3. The van der Waals surface area contributed by atoms with Crippen LogP contribution in [0.15, 0.2) is 30.3 Å². The number of aromatic nitrogens is 1. The van der Waals surface area contributed by atoms with Gasteiger partial charge in [0.15, 0.2) is 0 Å². The van der Waals surface area contributed by atoms with Gasteiger partial charge in [-0.3, -0.25) is 4.79 Å². The summed E-state index contributed by atoms with van der Waals surface area (Å²) in [5.74, 6) is -0.0248. The van der Waals surface area contributed by atoms with E-state index < -0.39 is 0 Å². The maximum atomic E-state index is 13.1. The Morgan fingerprint density at radius 3 is 2.75 bits per heavy atom. The fourth-order valence-electron chi connectivity index (χ4n) is 2.94. The topological polar surface area (TPSA) is 62.7 Å². The van der Waals surface area contributed by atoms with Gasteiger partial charge in [-0.25, -0.2) is 9.37 Å². The summed E-state index contributed by atoms with van der Waals surface area (Å²) in [6.07, 6.45) is 0.483. The normalized spacial score (nSPS) is 16.5. The number of anilines is 1. The summed E-state index contributed by atoms with van der Waals surface area (Å²) in [7, 11) is 0. The largest absolute Gasteiger partial charge is 0.474 e. The molecule has 6 heteroatoms. The van der Waals surface area contributed by atoms with E-state index in [0.717, 1.165) is 11.1 Å². The SMILES string of the molecule is CC(=O)N1c2cc(Cc3ccc(F)cc3)c(CO)nc2OC[C@@H]1C. The summed E-state index contributed by atoms with van der Waals surface area (Å²) in [6, 6.07) is 7.92. The zero-order chi connectivity index (χ0) is 17.3. The molecule has 1 atom stereocenters. The van der Waals surface area contributed by atoms with Crippen LogP contribution in [0.25, 0.3) is 0 Å². The number of rotatable bonds is 3. The first-order valence-electron chi connectivity index (χ1n) is 7.80. The minimum absolute atomic E-state index is 0.0849. The van der Waals surface area contributed by atoms with Crippen LogP contribution in [0.4, 0.5) is 10.1 Å². The van der Waals surface area contributed by atoms with Crippen molar-refractivity contribution in [1.29, 1.82) is 0 Å². The molecule has 0 fully saturated rings. The van der Waals surface area contributed by atoms with E-state index in [9.17, 15) is 14.3 Å². The van der Waals surface area contributed by atoms with Gasteiger partial charge in [0.2, 0.25) is 11.8 Å². The Hall–Kier alpha value is -2.47. The van der Waals surface area contributed by atoms with Crippen LogP contribution in [0.1, 0.15) is 30.7 Å². The predicted octanol–water partition coefficient (Wildman–Crippen LogP) is 2.44. The fourth-order valence-corrected chi connectivity index (χ4v) is 2.94. The maximum Gasteiger partial charge on any atom is 0.238 e. The average molecular weight is 330 g/mol. The van der Waals surface area contributed by atoms with Crippen LogP contribution in [-0.2, 0) is 17.8 Å². The third-order valence-corrected chi connectivity index (χ3v) is 4.10. The molecule has 1 aliphatic rings. The van der Waals surface area contributed by atoms with Crippen molar-refractivity contribution in [3.05, 3.63) is 53.0 Å². The Morgan fingerprint density at radius 2 is 2.12 bits per heavy atom. The van der Waals surface area contributed by atoms with Gasteiger partial charge in [-0.05, 0) is 42.7 Å². The highest BCUT2D eigenvalue weighted by molar-refractivity contribution is 5.94. The quantitative estimate of drug-likeness (QED) is 0.939. The zero-order valence-electron chi connectivity index (χ0n) is 13.6. The monoisotopic (exact) mass is 330 g/mol. The molecule has 1 aromatic carbocycles. The van der Waals surface area contributed by atoms with Crippen molar-refractivity contribution in [2.24, 2.45) is 0 Å². The number of halogens is 1. The van der Waals surface area contributed by atoms with Crippen LogP contribution in [-0.4, -0.2) is 28.6 Å². The molecule has 2 aromatic rings. The minimum atomic E-state index is -0.297. The Balaban J connectivity index is 2.03. The van der Waals surface area contributed by atoms with E-state index >= 15 is 0 Å². The van der Waals surface area contributed by atoms with Gasteiger partial charge in [0.25, 0.3) is 0 Å². The van der Waals surface area contributed by atoms with Crippen molar-refractivity contribution in [3.63, 3.8) is 0 Å². The van der Waals surface area contributed by atoms with Gasteiger partial charge in [0.1, 0.15) is 18.1 Å². The first kappa shape index (κ1) is 16.4. The molecule has 5 nitrogen and oxygen atoms in total. The van der Waals surface area contributed by atoms with Gasteiger partial charge in [0.05, 0.1) is 18.3 Å². The smallest absolute Gasteiger partial charge is 0.238 e. The summed E-state index contributed by atoms with van der Waals surface area (Å²) in [5, 5.41) is 9.61. The Kier molecular flexibility index (Phi) is 4.49. The molecule has 1 amide bonds. The van der Waals surface area contributed by atoms with Crippen LogP contribution < -0.4 is 9.64 Å². The van der Waals surface area contributed by atoms with Gasteiger partial charge in [0, 0.05) is 6.92 Å². The lowest BCUT2D eigenvalue weighted by molar-refractivity contribution is -0.117. The molecule has 0 saturated carbocycles. The Morgan fingerprint density at radius 1 is 1.42 bits per heavy atom. The van der Waals surface area contributed by atoms with Crippen molar-refractivity contribution < 1.29 is 19.0 Å². The van der Waals surface area contributed by atoms with Gasteiger partial charge >= 0.3 is 0 Å². The first-order chi connectivity index (χ1) is 11.5. The number of carbonyl (C=O) groups is 1. The van der Waals surface area contributed by atoms with E-state index in [1.807, 2.05) is 13.0 Å². The minimum Gasteiger partial charge on any atom is -0.474 e. The third-order valence-electron chi connectivity index (χ3n) is 4.10. The number of pyridine rings is 1. The summed E-state index contributed by atoms with van der Waals surface area (Å²) >= 11 is 0. The number of hydrogen-bond acceptors (Lipinski definition) is 4. The molecule has 24 heavy (non-hydrogen) atoms. The number of fused-ring (bicyclic) bond motifs is 1. The Labute approximate surface area is 139 Å². The van der Waals surface area contributed by atoms with Crippen molar-refractivity contribution in [2.45, 2.75) is 32.9 Å². The molecule has 0 saturated heterocycles. The van der Waals surface area contributed by atoms with Crippen LogP contribution in [0.2, 0.25) is 0 Å². The van der Waals surface area contributed by atoms with Gasteiger partial charge in [-0.15, -0.1) is 0 Å². The highest BCUT2D eigenvalue weighted by Gasteiger charge is 2.29. The molecule has 0 unspecified atom stereocenters. The van der Waals surface area contributed by atoms with Crippen molar-refractivity contribution >= 4 is 11.6 Å². The zero-order valence-corrected chi connectivity index (χ0v) is 13.6. The number of nitrogens with zero attached hydrogens (tertiary/aromatic N) is 2. The van der Waals surface area contributed by atoms with Crippen LogP contribution >= 0.6 is 0 Å². The summed E-state index contributed by atoms with van der Waals surface area (Å²) in [4.78, 5) is 18.0. The molecule has 0 spiro atoms. The lowest BCUT2D eigenvalue weighted by atomic mass is 10.0. The second-order valence-corrected chi connectivity index (χ2v) is 5.93. The van der Waals surface area contributed by atoms with Gasteiger partial charge in [-0.1, -0.05) is 12.1 Å². The first-order valence-corrected chi connectivity index (χ1v) is 7.80. The Bertz CT molecular complexity index is 762. The number of amides is 1. The number of aliphatic hydroxyl groups excluding tert-OH is 1. The number of hydrogen-bond donors (Lipinski definition) is 1. The second kappa shape index (κ2) is 6.57. The molecule has 2 heterocycles. The predicted molar refractivity (Wildman–Crippen MR) is 87.5 cm³/mol. The highest BCUT2D eigenvalue weighted by Crippen LogP contribution is 2.34. The van der Waals surface area contributed by atoms with Crippen molar-refractivity contribution in [2.75, 3.05) is 11.5 Å². The molecule has 0 aliphatic carbocycles. The van der Waals surface area contributed by atoms with E-state index in [1.54, 1.807) is 17.0 Å². The van der Waals surface area contributed by atoms with Crippen LogP contribution in [0.3, 0.4) is 0 Å². The second-order valence-electron chi connectivity index (χ2n) is 5.93. The van der Waals surface area contributed by atoms with E-state index in [4.69, 9.17) is 4.74 Å². The van der Waals surface area contributed by atoms with Gasteiger partial charge < -0.3 is 14.7 Å². The van der Waals surface area contributed by atoms with E-state index in [-0.39, 0.29) is 24.4 Å². The van der Waals surface area contributed by atoms with Crippen LogP contribution in [0, 0.1) is 5.82 Å². The van der Waals surface area contributed by atoms with E-state index in [0.29, 0.717) is 30.3 Å². The molecule has 1 aliphatic heterocycles. The summed E-state index contributed by atoms with van der Waals surface area (Å²) in [5.41, 5.74) is 2.78. The number of carbonyl (C=O) groups excluding carboxylic acids is 1. The van der Waals surface area contributed by atoms with Crippen molar-refractivity contribution in [1.82, 2.24) is 4.98 Å². The molecule has 3 rings (SSSR count). The molecule has 0 radical (unpaired) electrons. The molecule has 0 bridgehead atoms.